The SMILES string of the molecule is Cc1ccc(CN2CCC[C@H](CCC(=O)N3CCN(Cc4ccccc4)CC3)C2)s1. The van der Waals surface area contributed by atoms with Gasteiger partial charge in [0, 0.05) is 62.0 Å². The van der Waals surface area contributed by atoms with Crippen molar-refractivity contribution >= 4 is 17.2 Å². The minimum absolute atomic E-state index is 0.361. The molecule has 162 valence electrons. The van der Waals surface area contributed by atoms with Gasteiger partial charge >= 0.3 is 0 Å². The first-order valence-electron chi connectivity index (χ1n) is 11.5. The highest BCUT2D eigenvalue weighted by Gasteiger charge is 2.24. The molecule has 0 unspecified atom stereocenters. The maximum atomic E-state index is 12.8. The Bertz CT molecular complexity index is 798. The van der Waals surface area contributed by atoms with E-state index in [4.69, 9.17) is 0 Å². The van der Waals surface area contributed by atoms with Gasteiger partial charge in [-0.2, -0.15) is 0 Å². The summed E-state index contributed by atoms with van der Waals surface area (Å²) in [5.74, 6) is 1.03. The maximum absolute atomic E-state index is 12.8. The third-order valence-electron chi connectivity index (χ3n) is 6.52. The molecule has 3 heterocycles. The summed E-state index contributed by atoms with van der Waals surface area (Å²) < 4.78 is 0. The average molecular weight is 426 g/mol. The van der Waals surface area contributed by atoms with Crippen LogP contribution in [-0.4, -0.2) is 59.9 Å². The molecular weight excluding hydrogens is 390 g/mol. The summed E-state index contributed by atoms with van der Waals surface area (Å²) in [6, 6.07) is 15.1. The van der Waals surface area contributed by atoms with Gasteiger partial charge in [-0.1, -0.05) is 30.3 Å². The summed E-state index contributed by atoms with van der Waals surface area (Å²) in [5.41, 5.74) is 1.36. The number of piperidine rings is 1. The summed E-state index contributed by atoms with van der Waals surface area (Å²) in [7, 11) is 0. The molecule has 1 atom stereocenters. The minimum Gasteiger partial charge on any atom is -0.340 e. The second-order valence-corrected chi connectivity index (χ2v) is 10.3. The number of thiophene rings is 1. The van der Waals surface area contributed by atoms with E-state index >= 15 is 0 Å². The molecule has 0 N–H and O–H groups in total. The highest BCUT2D eigenvalue weighted by molar-refractivity contribution is 7.11. The normalized spacial score (nSPS) is 21.1. The highest BCUT2D eigenvalue weighted by atomic mass is 32.1. The number of aryl methyl sites for hydroxylation is 1. The van der Waals surface area contributed by atoms with Crippen molar-refractivity contribution < 1.29 is 4.79 Å². The number of carbonyl (C=O) groups is 1. The van der Waals surface area contributed by atoms with Crippen molar-refractivity contribution in [3.05, 3.63) is 57.8 Å². The van der Waals surface area contributed by atoms with Crippen LogP contribution in [0.5, 0.6) is 0 Å². The van der Waals surface area contributed by atoms with Crippen LogP contribution in [0.4, 0.5) is 0 Å². The van der Waals surface area contributed by atoms with Gasteiger partial charge in [0.1, 0.15) is 0 Å². The molecule has 0 aliphatic carbocycles. The molecule has 1 aromatic carbocycles. The van der Waals surface area contributed by atoms with Crippen molar-refractivity contribution in [3.8, 4) is 0 Å². The molecule has 4 nitrogen and oxygen atoms in total. The zero-order valence-electron chi connectivity index (χ0n) is 18.3. The zero-order chi connectivity index (χ0) is 20.8. The smallest absolute Gasteiger partial charge is 0.222 e. The van der Waals surface area contributed by atoms with Crippen LogP contribution in [0.3, 0.4) is 0 Å². The van der Waals surface area contributed by atoms with Gasteiger partial charge in [0.2, 0.25) is 5.91 Å². The van der Waals surface area contributed by atoms with E-state index in [9.17, 15) is 4.79 Å². The Morgan fingerprint density at radius 2 is 1.77 bits per heavy atom. The van der Waals surface area contributed by atoms with Crippen molar-refractivity contribution in [2.24, 2.45) is 5.92 Å². The van der Waals surface area contributed by atoms with Gasteiger partial charge in [-0.05, 0) is 56.3 Å². The number of hydrogen-bond acceptors (Lipinski definition) is 4. The largest absolute Gasteiger partial charge is 0.340 e. The number of piperazine rings is 1. The van der Waals surface area contributed by atoms with Crippen molar-refractivity contribution in [1.82, 2.24) is 14.7 Å². The molecule has 0 spiro atoms. The predicted octanol–water partition coefficient (Wildman–Crippen LogP) is 4.39. The molecule has 0 radical (unpaired) electrons. The summed E-state index contributed by atoms with van der Waals surface area (Å²) in [6.07, 6.45) is 4.30. The lowest BCUT2D eigenvalue weighted by molar-refractivity contribution is -0.133. The molecule has 0 bridgehead atoms. The topological polar surface area (TPSA) is 26.8 Å². The standard InChI is InChI=1S/C25H35N3OS/c1-21-9-11-24(30-21)20-27-13-5-8-23(19-27)10-12-25(29)28-16-14-26(15-17-28)18-22-6-3-2-4-7-22/h2-4,6-7,9,11,23H,5,8,10,12-20H2,1H3/t23-/m1/s1. The lowest BCUT2D eigenvalue weighted by Gasteiger charge is -2.36. The second-order valence-electron chi connectivity index (χ2n) is 8.94. The Hall–Kier alpha value is -1.69. The molecule has 30 heavy (non-hydrogen) atoms. The second kappa shape index (κ2) is 10.6. The van der Waals surface area contributed by atoms with Crippen LogP contribution in [-0.2, 0) is 17.9 Å². The van der Waals surface area contributed by atoms with Crippen LogP contribution in [0.1, 0.15) is 41.0 Å². The Kier molecular flexibility index (Phi) is 7.58. The highest BCUT2D eigenvalue weighted by Crippen LogP contribution is 2.25. The van der Waals surface area contributed by atoms with E-state index < -0.39 is 0 Å². The molecule has 1 aromatic heterocycles. The Labute approximate surface area is 185 Å². The molecule has 2 aliphatic heterocycles. The quantitative estimate of drug-likeness (QED) is 0.658. The van der Waals surface area contributed by atoms with E-state index in [1.165, 1.54) is 34.7 Å². The van der Waals surface area contributed by atoms with Crippen LogP contribution in [0, 0.1) is 12.8 Å². The summed E-state index contributed by atoms with van der Waals surface area (Å²) in [6.45, 7) is 10.3. The van der Waals surface area contributed by atoms with E-state index in [1.807, 2.05) is 11.3 Å². The van der Waals surface area contributed by atoms with Crippen LogP contribution in [0.2, 0.25) is 0 Å². The van der Waals surface area contributed by atoms with Crippen LogP contribution in [0.25, 0.3) is 0 Å². The van der Waals surface area contributed by atoms with Crippen LogP contribution >= 0.6 is 11.3 Å². The zero-order valence-corrected chi connectivity index (χ0v) is 19.1. The molecule has 0 saturated carbocycles. The molecule has 2 fully saturated rings. The summed E-state index contributed by atoms with van der Waals surface area (Å²) >= 11 is 1.91. The van der Waals surface area contributed by atoms with Gasteiger partial charge in [0.05, 0.1) is 0 Å². The average Bonchev–Trinajstić information content (AvgIpc) is 3.18. The Morgan fingerprint density at radius 1 is 0.967 bits per heavy atom. The van der Waals surface area contributed by atoms with Crippen molar-refractivity contribution in [2.75, 3.05) is 39.3 Å². The number of benzene rings is 1. The number of hydrogen-bond donors (Lipinski definition) is 0. The van der Waals surface area contributed by atoms with Gasteiger partial charge in [-0.25, -0.2) is 0 Å². The first-order chi connectivity index (χ1) is 14.7. The summed E-state index contributed by atoms with van der Waals surface area (Å²) in [5, 5.41) is 0. The predicted molar refractivity (Wildman–Crippen MR) is 125 cm³/mol. The van der Waals surface area contributed by atoms with Crippen LogP contribution < -0.4 is 0 Å². The van der Waals surface area contributed by atoms with E-state index in [-0.39, 0.29) is 0 Å². The molecule has 2 aromatic rings. The van der Waals surface area contributed by atoms with Gasteiger partial charge in [-0.15, -0.1) is 11.3 Å². The maximum Gasteiger partial charge on any atom is 0.222 e. The van der Waals surface area contributed by atoms with Crippen molar-refractivity contribution in [1.29, 1.82) is 0 Å². The molecule has 2 saturated heterocycles. The third-order valence-corrected chi connectivity index (χ3v) is 7.50. The summed E-state index contributed by atoms with van der Waals surface area (Å²) in [4.78, 5) is 22.8. The van der Waals surface area contributed by atoms with Gasteiger partial charge in [0.15, 0.2) is 0 Å². The molecule has 4 rings (SSSR count). The Morgan fingerprint density at radius 3 is 2.50 bits per heavy atom. The third kappa shape index (κ3) is 6.16. The fourth-order valence-electron chi connectivity index (χ4n) is 4.80. The first-order valence-corrected chi connectivity index (χ1v) is 12.3. The Balaban J connectivity index is 1.16. The molecular formula is C25H35N3OS. The lowest BCUT2D eigenvalue weighted by Crippen LogP contribution is -2.48. The fourth-order valence-corrected chi connectivity index (χ4v) is 5.74. The lowest BCUT2D eigenvalue weighted by atomic mass is 9.93. The first kappa shape index (κ1) is 21.5. The number of carbonyl (C=O) groups excluding carboxylic acids is 1. The molecule has 2 aliphatic rings. The van der Waals surface area contributed by atoms with Gasteiger partial charge in [-0.3, -0.25) is 14.6 Å². The van der Waals surface area contributed by atoms with E-state index in [2.05, 4.69) is 64.1 Å². The molecule has 1 amide bonds. The fraction of sp³-hybridized carbons (Fsp3) is 0.560. The number of nitrogens with zero attached hydrogens (tertiary/aromatic N) is 3. The number of likely N-dealkylation sites (tertiary alicyclic amines) is 1. The number of rotatable bonds is 7. The number of amides is 1. The van der Waals surface area contributed by atoms with Crippen molar-refractivity contribution in [2.45, 2.75) is 45.7 Å². The van der Waals surface area contributed by atoms with Crippen LogP contribution in [0.15, 0.2) is 42.5 Å². The molecule has 5 heteroatoms. The van der Waals surface area contributed by atoms with Crippen molar-refractivity contribution in [3.63, 3.8) is 0 Å². The van der Waals surface area contributed by atoms with E-state index in [0.717, 1.165) is 58.7 Å². The monoisotopic (exact) mass is 425 g/mol. The van der Waals surface area contributed by atoms with Gasteiger partial charge < -0.3 is 4.90 Å². The van der Waals surface area contributed by atoms with E-state index in [0.29, 0.717) is 11.8 Å². The van der Waals surface area contributed by atoms with E-state index in [1.54, 1.807) is 0 Å². The van der Waals surface area contributed by atoms with Gasteiger partial charge in [0.25, 0.3) is 0 Å². The minimum atomic E-state index is 0.361.